The van der Waals surface area contributed by atoms with E-state index in [2.05, 4.69) is 0 Å². The van der Waals surface area contributed by atoms with Gasteiger partial charge in [0.25, 0.3) is 0 Å². The third kappa shape index (κ3) is 2.43. The van der Waals surface area contributed by atoms with E-state index in [-0.39, 0.29) is 6.04 Å². The zero-order valence-electron chi connectivity index (χ0n) is 8.16. The van der Waals surface area contributed by atoms with Gasteiger partial charge >= 0.3 is 11.8 Å². The Labute approximate surface area is 82.3 Å². The van der Waals surface area contributed by atoms with E-state index in [0.29, 0.717) is 13.2 Å². The lowest BCUT2D eigenvalue weighted by Crippen LogP contribution is -2.49. The van der Waals surface area contributed by atoms with E-state index >= 15 is 0 Å². The van der Waals surface area contributed by atoms with Crippen molar-refractivity contribution in [2.75, 3.05) is 20.3 Å². The predicted octanol–water partition coefficient (Wildman–Crippen LogP) is -1.39. The summed E-state index contributed by atoms with van der Waals surface area (Å²) in [5.41, 5.74) is 1.82. The fourth-order valence-electron chi connectivity index (χ4n) is 1.46. The van der Waals surface area contributed by atoms with Gasteiger partial charge in [0.1, 0.15) is 0 Å². The number of nitrogens with zero attached hydrogens (tertiary/aromatic N) is 1. The minimum Gasteiger partial charge on any atom is -0.381 e. The molecule has 1 aliphatic heterocycles. The molecule has 0 saturated carbocycles. The summed E-state index contributed by atoms with van der Waals surface area (Å²) in [5, 5.41) is 0. The first kappa shape index (κ1) is 10.9. The Morgan fingerprint density at radius 3 is 2.50 bits per heavy atom. The van der Waals surface area contributed by atoms with Crippen LogP contribution < -0.4 is 11.3 Å². The van der Waals surface area contributed by atoms with E-state index in [0.717, 1.165) is 12.8 Å². The van der Waals surface area contributed by atoms with Gasteiger partial charge in [-0.05, 0) is 12.8 Å². The molecule has 80 valence electrons. The zero-order chi connectivity index (χ0) is 10.6. The van der Waals surface area contributed by atoms with Gasteiger partial charge in [0.05, 0.1) is 0 Å². The van der Waals surface area contributed by atoms with Crippen LogP contribution >= 0.6 is 0 Å². The molecular weight excluding hydrogens is 186 g/mol. The minimum atomic E-state index is -0.779. The van der Waals surface area contributed by atoms with Crippen LogP contribution in [0.3, 0.4) is 0 Å². The van der Waals surface area contributed by atoms with E-state index in [1.54, 1.807) is 7.05 Å². The SMILES string of the molecule is CN(C(=O)C(=O)NN)C1CCOCC1. The number of likely N-dealkylation sites (N-methyl/N-ethyl adjacent to an activating group) is 1. The molecule has 6 heteroatoms. The van der Waals surface area contributed by atoms with Gasteiger partial charge in [-0.15, -0.1) is 0 Å². The smallest absolute Gasteiger partial charge is 0.323 e. The third-order valence-corrected chi connectivity index (χ3v) is 2.38. The van der Waals surface area contributed by atoms with Crippen LogP contribution in [0.4, 0.5) is 0 Å². The number of hydrogen-bond donors (Lipinski definition) is 2. The van der Waals surface area contributed by atoms with Crippen molar-refractivity contribution in [2.24, 2.45) is 5.84 Å². The van der Waals surface area contributed by atoms with Crippen LogP contribution in [0, 0.1) is 0 Å². The van der Waals surface area contributed by atoms with Crippen LogP contribution in [-0.2, 0) is 14.3 Å². The topological polar surface area (TPSA) is 84.7 Å². The number of ether oxygens (including phenoxy) is 1. The molecule has 1 saturated heterocycles. The Hall–Kier alpha value is -1.14. The molecule has 1 rings (SSSR count). The summed E-state index contributed by atoms with van der Waals surface area (Å²) in [6.07, 6.45) is 1.53. The second-order valence-electron chi connectivity index (χ2n) is 3.23. The van der Waals surface area contributed by atoms with Crippen LogP contribution in [-0.4, -0.2) is 43.0 Å². The quantitative estimate of drug-likeness (QED) is 0.237. The number of rotatable bonds is 1. The molecule has 0 aromatic heterocycles. The fraction of sp³-hybridized carbons (Fsp3) is 0.750. The van der Waals surface area contributed by atoms with Crippen molar-refractivity contribution in [2.45, 2.75) is 18.9 Å². The summed E-state index contributed by atoms with van der Waals surface area (Å²) in [4.78, 5) is 23.7. The highest BCUT2D eigenvalue weighted by molar-refractivity contribution is 6.34. The lowest BCUT2D eigenvalue weighted by atomic mass is 10.1. The molecule has 0 unspecified atom stereocenters. The monoisotopic (exact) mass is 201 g/mol. The normalized spacial score (nSPS) is 17.6. The summed E-state index contributed by atoms with van der Waals surface area (Å²) in [5.74, 6) is 3.49. The molecule has 0 aliphatic carbocycles. The lowest BCUT2D eigenvalue weighted by Gasteiger charge is -2.30. The van der Waals surface area contributed by atoms with E-state index in [4.69, 9.17) is 10.6 Å². The molecule has 0 aromatic carbocycles. The number of amides is 2. The van der Waals surface area contributed by atoms with Crippen LogP contribution in [0.1, 0.15) is 12.8 Å². The summed E-state index contributed by atoms with van der Waals surface area (Å²) in [6, 6.07) is 0.0774. The first-order valence-electron chi connectivity index (χ1n) is 4.52. The van der Waals surface area contributed by atoms with Crippen molar-refractivity contribution in [3.05, 3.63) is 0 Å². The molecule has 0 radical (unpaired) electrons. The van der Waals surface area contributed by atoms with Gasteiger partial charge in [-0.25, -0.2) is 5.84 Å². The van der Waals surface area contributed by atoms with Gasteiger partial charge in [0.2, 0.25) is 0 Å². The lowest BCUT2D eigenvalue weighted by molar-refractivity contribution is -0.147. The summed E-state index contributed by atoms with van der Waals surface area (Å²) in [7, 11) is 1.60. The average molecular weight is 201 g/mol. The first-order valence-corrected chi connectivity index (χ1v) is 4.52. The second-order valence-corrected chi connectivity index (χ2v) is 3.23. The maximum Gasteiger partial charge on any atom is 0.323 e. The molecule has 0 spiro atoms. The molecule has 2 amide bonds. The highest BCUT2D eigenvalue weighted by Crippen LogP contribution is 2.12. The minimum absolute atomic E-state index is 0.0774. The highest BCUT2D eigenvalue weighted by Gasteiger charge is 2.26. The fourth-order valence-corrected chi connectivity index (χ4v) is 1.46. The Bertz CT molecular complexity index is 226. The third-order valence-electron chi connectivity index (χ3n) is 2.38. The Kier molecular flexibility index (Phi) is 3.84. The van der Waals surface area contributed by atoms with Crippen molar-refractivity contribution in [3.8, 4) is 0 Å². The number of nitrogens with two attached hydrogens (primary N) is 1. The van der Waals surface area contributed by atoms with Gasteiger partial charge in [-0.3, -0.25) is 15.0 Å². The van der Waals surface area contributed by atoms with Crippen molar-refractivity contribution in [1.29, 1.82) is 0 Å². The zero-order valence-corrected chi connectivity index (χ0v) is 8.16. The molecule has 0 bridgehead atoms. The van der Waals surface area contributed by atoms with Crippen LogP contribution in [0.5, 0.6) is 0 Å². The maximum atomic E-state index is 11.4. The van der Waals surface area contributed by atoms with Gasteiger partial charge in [-0.1, -0.05) is 0 Å². The highest BCUT2D eigenvalue weighted by atomic mass is 16.5. The number of nitrogens with one attached hydrogen (secondary N) is 1. The van der Waals surface area contributed by atoms with Gasteiger partial charge < -0.3 is 9.64 Å². The van der Waals surface area contributed by atoms with Crippen LogP contribution in [0.25, 0.3) is 0 Å². The Morgan fingerprint density at radius 1 is 1.43 bits per heavy atom. The Morgan fingerprint density at radius 2 is 2.00 bits per heavy atom. The van der Waals surface area contributed by atoms with Crippen LogP contribution in [0.2, 0.25) is 0 Å². The molecule has 0 atom stereocenters. The molecule has 1 heterocycles. The maximum absolute atomic E-state index is 11.4. The van der Waals surface area contributed by atoms with E-state index < -0.39 is 11.8 Å². The summed E-state index contributed by atoms with van der Waals surface area (Å²) < 4.78 is 5.15. The number of hydrazine groups is 1. The van der Waals surface area contributed by atoms with E-state index in [9.17, 15) is 9.59 Å². The number of carbonyl (C=O) groups is 2. The first-order chi connectivity index (χ1) is 6.66. The van der Waals surface area contributed by atoms with E-state index in [1.165, 1.54) is 4.90 Å². The molecule has 3 N–H and O–H groups in total. The molecule has 1 aliphatic rings. The molecule has 6 nitrogen and oxygen atoms in total. The van der Waals surface area contributed by atoms with Gasteiger partial charge in [0, 0.05) is 26.3 Å². The Balaban J connectivity index is 2.50. The number of carbonyl (C=O) groups excluding carboxylic acids is 2. The van der Waals surface area contributed by atoms with Gasteiger partial charge in [-0.2, -0.15) is 0 Å². The average Bonchev–Trinajstić information content (AvgIpc) is 2.27. The van der Waals surface area contributed by atoms with E-state index in [1.807, 2.05) is 5.43 Å². The number of hydrogen-bond acceptors (Lipinski definition) is 4. The molecule has 14 heavy (non-hydrogen) atoms. The summed E-state index contributed by atoms with van der Waals surface area (Å²) >= 11 is 0. The van der Waals surface area contributed by atoms with Crippen molar-refractivity contribution in [1.82, 2.24) is 10.3 Å². The van der Waals surface area contributed by atoms with Crippen molar-refractivity contribution in [3.63, 3.8) is 0 Å². The molecule has 1 fully saturated rings. The largest absolute Gasteiger partial charge is 0.381 e. The van der Waals surface area contributed by atoms with Gasteiger partial charge in [0.15, 0.2) is 0 Å². The van der Waals surface area contributed by atoms with Crippen LogP contribution in [0.15, 0.2) is 0 Å². The van der Waals surface area contributed by atoms with Crippen molar-refractivity contribution < 1.29 is 14.3 Å². The summed E-state index contributed by atoms with van der Waals surface area (Å²) in [6.45, 7) is 1.26. The molecule has 0 aromatic rings. The predicted molar refractivity (Wildman–Crippen MR) is 48.9 cm³/mol. The second kappa shape index (κ2) is 4.92. The van der Waals surface area contributed by atoms with Crippen molar-refractivity contribution >= 4 is 11.8 Å². The molecular formula is C8H15N3O3. The standard InChI is InChI=1S/C8H15N3O3/c1-11(8(13)7(12)10-9)6-2-4-14-5-3-6/h6H,2-5,9H2,1H3,(H,10,12).